The van der Waals surface area contributed by atoms with E-state index in [2.05, 4.69) is 34.7 Å². The Balaban J connectivity index is 4.02. The van der Waals surface area contributed by atoms with Crippen LogP contribution in [-0.2, 0) is 0 Å². The highest BCUT2D eigenvalue weighted by Gasteiger charge is 2.22. The molecule has 0 aliphatic rings. The standard InChI is InChI=1S/C9H22N/c1-6-9(4)10(5,7-2)8-3/h9H,6-8H2,1-5H3/q+1. The van der Waals surface area contributed by atoms with Gasteiger partial charge < -0.3 is 4.48 Å². The predicted molar refractivity (Wildman–Crippen MR) is 47.0 cm³/mol. The van der Waals surface area contributed by atoms with Crippen molar-refractivity contribution in [2.75, 3.05) is 20.1 Å². The molecule has 0 aliphatic carbocycles. The molecular formula is C9H22N+. The average molecular weight is 144 g/mol. The van der Waals surface area contributed by atoms with E-state index < -0.39 is 0 Å². The van der Waals surface area contributed by atoms with Gasteiger partial charge in [0.25, 0.3) is 0 Å². The Bertz CT molecular complexity index is 84.7. The zero-order chi connectivity index (χ0) is 8.20. The van der Waals surface area contributed by atoms with E-state index in [0.29, 0.717) is 0 Å². The first-order valence-corrected chi connectivity index (χ1v) is 4.44. The molecule has 0 radical (unpaired) electrons. The minimum Gasteiger partial charge on any atom is -0.324 e. The topological polar surface area (TPSA) is 0 Å². The summed E-state index contributed by atoms with van der Waals surface area (Å²) in [6.07, 6.45) is 1.29. The summed E-state index contributed by atoms with van der Waals surface area (Å²) in [6.45, 7) is 11.7. The zero-order valence-corrected chi connectivity index (χ0v) is 8.15. The fraction of sp³-hybridized carbons (Fsp3) is 1.00. The van der Waals surface area contributed by atoms with Crippen LogP contribution in [0.25, 0.3) is 0 Å². The lowest BCUT2D eigenvalue weighted by atomic mass is 10.2. The fourth-order valence-electron chi connectivity index (χ4n) is 1.29. The summed E-state index contributed by atoms with van der Waals surface area (Å²) >= 11 is 0. The summed E-state index contributed by atoms with van der Waals surface area (Å²) < 4.78 is 1.22. The highest BCUT2D eigenvalue weighted by atomic mass is 15.3. The summed E-state index contributed by atoms with van der Waals surface area (Å²) in [6, 6.07) is 0.815. The average Bonchev–Trinajstić information content (AvgIpc) is 2.01. The molecule has 0 aromatic carbocycles. The largest absolute Gasteiger partial charge is 0.324 e. The quantitative estimate of drug-likeness (QED) is 0.531. The van der Waals surface area contributed by atoms with E-state index in [-0.39, 0.29) is 0 Å². The lowest BCUT2D eigenvalue weighted by Gasteiger charge is -2.37. The lowest BCUT2D eigenvalue weighted by Crippen LogP contribution is -2.50. The molecule has 0 saturated carbocycles. The molecule has 0 heterocycles. The Hall–Kier alpha value is -0.0400. The van der Waals surface area contributed by atoms with E-state index in [4.69, 9.17) is 0 Å². The van der Waals surface area contributed by atoms with Gasteiger partial charge in [0.1, 0.15) is 0 Å². The Morgan fingerprint density at radius 3 is 1.60 bits per heavy atom. The van der Waals surface area contributed by atoms with Gasteiger partial charge in [-0.15, -0.1) is 0 Å². The van der Waals surface area contributed by atoms with Gasteiger partial charge in [0.15, 0.2) is 0 Å². The number of rotatable bonds is 4. The van der Waals surface area contributed by atoms with E-state index in [9.17, 15) is 0 Å². The monoisotopic (exact) mass is 144 g/mol. The maximum Gasteiger partial charge on any atom is 0.0856 e. The number of nitrogens with zero attached hydrogens (tertiary/aromatic N) is 1. The van der Waals surface area contributed by atoms with E-state index in [1.165, 1.54) is 24.0 Å². The Kier molecular flexibility index (Phi) is 3.95. The Labute approximate surface area is 65.6 Å². The molecule has 0 fully saturated rings. The van der Waals surface area contributed by atoms with Crippen molar-refractivity contribution in [2.24, 2.45) is 0 Å². The molecule has 0 amide bonds. The van der Waals surface area contributed by atoms with Crippen LogP contribution < -0.4 is 0 Å². The first kappa shape index (κ1) is 9.96. The van der Waals surface area contributed by atoms with Crippen LogP contribution in [0.1, 0.15) is 34.1 Å². The van der Waals surface area contributed by atoms with Crippen LogP contribution in [0.4, 0.5) is 0 Å². The van der Waals surface area contributed by atoms with Gasteiger partial charge in [0, 0.05) is 0 Å². The normalized spacial score (nSPS) is 15.3. The number of quaternary nitrogens is 1. The smallest absolute Gasteiger partial charge is 0.0856 e. The zero-order valence-electron chi connectivity index (χ0n) is 8.15. The van der Waals surface area contributed by atoms with Crippen molar-refractivity contribution in [3.05, 3.63) is 0 Å². The maximum absolute atomic E-state index is 2.34. The second kappa shape index (κ2) is 3.97. The highest BCUT2D eigenvalue weighted by Crippen LogP contribution is 2.11. The van der Waals surface area contributed by atoms with E-state index >= 15 is 0 Å². The Morgan fingerprint density at radius 1 is 1.10 bits per heavy atom. The molecule has 0 N–H and O–H groups in total. The molecule has 0 aromatic rings. The first-order valence-electron chi connectivity index (χ1n) is 4.44. The van der Waals surface area contributed by atoms with Crippen molar-refractivity contribution < 1.29 is 4.48 Å². The van der Waals surface area contributed by atoms with Gasteiger partial charge in [-0.2, -0.15) is 0 Å². The minimum atomic E-state index is 0.815. The summed E-state index contributed by atoms with van der Waals surface area (Å²) in [5.74, 6) is 0. The van der Waals surface area contributed by atoms with Crippen molar-refractivity contribution in [2.45, 2.75) is 40.2 Å². The second-order valence-corrected chi connectivity index (χ2v) is 3.37. The summed E-state index contributed by atoms with van der Waals surface area (Å²) in [5.41, 5.74) is 0. The number of hydrogen-bond acceptors (Lipinski definition) is 0. The SMILES string of the molecule is CCC(C)[N+](C)(CC)CC. The summed E-state index contributed by atoms with van der Waals surface area (Å²) in [5, 5.41) is 0. The first-order chi connectivity index (χ1) is 4.60. The maximum atomic E-state index is 2.34. The molecule has 0 aliphatic heterocycles. The van der Waals surface area contributed by atoms with Crippen LogP contribution in [0, 0.1) is 0 Å². The van der Waals surface area contributed by atoms with Crippen molar-refractivity contribution in [3.8, 4) is 0 Å². The van der Waals surface area contributed by atoms with Gasteiger partial charge in [-0.25, -0.2) is 0 Å². The molecule has 1 nitrogen and oxygen atoms in total. The molecule has 0 aromatic heterocycles. The third-order valence-electron chi connectivity index (χ3n) is 3.10. The Morgan fingerprint density at radius 2 is 1.50 bits per heavy atom. The molecule has 1 heteroatoms. The fourth-order valence-corrected chi connectivity index (χ4v) is 1.29. The molecule has 62 valence electrons. The second-order valence-electron chi connectivity index (χ2n) is 3.37. The predicted octanol–water partition coefficient (Wildman–Crippen LogP) is 2.27. The van der Waals surface area contributed by atoms with Crippen molar-refractivity contribution >= 4 is 0 Å². The van der Waals surface area contributed by atoms with Gasteiger partial charge in [0.05, 0.1) is 26.2 Å². The summed E-state index contributed by atoms with van der Waals surface area (Å²) in [7, 11) is 2.34. The van der Waals surface area contributed by atoms with E-state index in [1.54, 1.807) is 0 Å². The van der Waals surface area contributed by atoms with Gasteiger partial charge in [-0.3, -0.25) is 0 Å². The van der Waals surface area contributed by atoms with Crippen molar-refractivity contribution in [3.63, 3.8) is 0 Å². The molecule has 0 spiro atoms. The van der Waals surface area contributed by atoms with Gasteiger partial charge in [-0.05, 0) is 27.2 Å². The van der Waals surface area contributed by atoms with Crippen LogP contribution in [-0.4, -0.2) is 30.7 Å². The van der Waals surface area contributed by atoms with Gasteiger partial charge in [0.2, 0.25) is 0 Å². The highest BCUT2D eigenvalue weighted by molar-refractivity contribution is 4.46. The summed E-state index contributed by atoms with van der Waals surface area (Å²) in [4.78, 5) is 0. The third kappa shape index (κ3) is 1.98. The molecule has 1 atom stereocenters. The van der Waals surface area contributed by atoms with E-state index in [1.807, 2.05) is 0 Å². The van der Waals surface area contributed by atoms with Gasteiger partial charge in [-0.1, -0.05) is 6.92 Å². The molecule has 10 heavy (non-hydrogen) atoms. The van der Waals surface area contributed by atoms with Crippen molar-refractivity contribution in [1.82, 2.24) is 0 Å². The number of hydrogen-bond donors (Lipinski definition) is 0. The molecule has 0 bridgehead atoms. The third-order valence-corrected chi connectivity index (χ3v) is 3.10. The molecule has 1 unspecified atom stereocenters. The molecule has 0 rings (SSSR count). The van der Waals surface area contributed by atoms with E-state index in [0.717, 1.165) is 6.04 Å². The van der Waals surface area contributed by atoms with Crippen LogP contribution in [0.3, 0.4) is 0 Å². The van der Waals surface area contributed by atoms with Crippen LogP contribution in [0.5, 0.6) is 0 Å². The van der Waals surface area contributed by atoms with Crippen molar-refractivity contribution in [1.29, 1.82) is 0 Å². The molecule has 0 saturated heterocycles. The lowest BCUT2D eigenvalue weighted by molar-refractivity contribution is -0.928. The molecular weight excluding hydrogens is 122 g/mol. The minimum absolute atomic E-state index is 0.815. The van der Waals surface area contributed by atoms with Crippen LogP contribution in [0.2, 0.25) is 0 Å². The van der Waals surface area contributed by atoms with Crippen LogP contribution in [0.15, 0.2) is 0 Å². The van der Waals surface area contributed by atoms with Gasteiger partial charge >= 0.3 is 0 Å². The van der Waals surface area contributed by atoms with Crippen LogP contribution >= 0.6 is 0 Å².